The van der Waals surface area contributed by atoms with Crippen molar-refractivity contribution in [3.63, 3.8) is 0 Å². The second-order valence-electron chi connectivity index (χ2n) is 7.77. The minimum Gasteiger partial charge on any atom is -0.493 e. The molecule has 0 aliphatic carbocycles. The lowest BCUT2D eigenvalue weighted by Gasteiger charge is -2.15. The third-order valence-corrected chi connectivity index (χ3v) is 5.44. The van der Waals surface area contributed by atoms with Gasteiger partial charge < -0.3 is 23.7 Å². The van der Waals surface area contributed by atoms with E-state index in [1.54, 1.807) is 55.5 Å². The largest absolute Gasteiger partial charge is 0.493 e. The molecule has 0 aliphatic heterocycles. The van der Waals surface area contributed by atoms with E-state index in [-0.39, 0.29) is 11.3 Å². The Morgan fingerprint density at radius 2 is 1.51 bits per heavy atom. The molecule has 0 heterocycles. The molecule has 37 heavy (non-hydrogen) atoms. The zero-order valence-electron chi connectivity index (χ0n) is 21.0. The van der Waals surface area contributed by atoms with Crippen LogP contribution in [0.1, 0.15) is 28.4 Å². The number of methoxy groups -OCH3 is 3. The predicted molar refractivity (Wildman–Crippen MR) is 140 cm³/mol. The van der Waals surface area contributed by atoms with Gasteiger partial charge in [-0.15, -0.1) is 0 Å². The Morgan fingerprint density at radius 1 is 0.865 bits per heavy atom. The highest BCUT2D eigenvalue weighted by molar-refractivity contribution is 6.30. The summed E-state index contributed by atoms with van der Waals surface area (Å²) in [5.41, 5.74) is 4.13. The fraction of sp³-hybridized carbons (Fsp3) is 0.222. The van der Waals surface area contributed by atoms with Gasteiger partial charge in [-0.25, -0.2) is 10.2 Å². The molecule has 1 atom stereocenters. The smallest absolute Gasteiger partial charge is 0.343 e. The second kappa shape index (κ2) is 12.6. The van der Waals surface area contributed by atoms with Crippen LogP contribution < -0.4 is 29.1 Å². The molecule has 0 saturated carbocycles. The fourth-order valence-electron chi connectivity index (χ4n) is 3.22. The number of esters is 1. The van der Waals surface area contributed by atoms with E-state index in [1.807, 2.05) is 6.92 Å². The number of halogens is 1. The van der Waals surface area contributed by atoms with Crippen molar-refractivity contribution < 1.29 is 33.3 Å². The van der Waals surface area contributed by atoms with Crippen molar-refractivity contribution >= 4 is 29.7 Å². The Bertz CT molecular complexity index is 1310. The number of nitrogens with zero attached hydrogens (tertiary/aromatic N) is 1. The summed E-state index contributed by atoms with van der Waals surface area (Å²) in [7, 11) is 4.43. The summed E-state index contributed by atoms with van der Waals surface area (Å²) in [6.07, 6.45) is 0.644. The van der Waals surface area contributed by atoms with Crippen LogP contribution in [0.4, 0.5) is 0 Å². The lowest BCUT2D eigenvalue weighted by atomic mass is 10.2. The van der Waals surface area contributed by atoms with E-state index < -0.39 is 18.0 Å². The molecule has 1 N–H and O–H groups in total. The minimum absolute atomic E-state index is 0.212. The predicted octanol–water partition coefficient (Wildman–Crippen LogP) is 4.81. The molecule has 0 radical (unpaired) electrons. The molecule has 1 amide bonds. The van der Waals surface area contributed by atoms with Crippen molar-refractivity contribution in [2.75, 3.05) is 21.3 Å². The molecular formula is C27H27ClN2O7. The Labute approximate surface area is 219 Å². The summed E-state index contributed by atoms with van der Waals surface area (Å²) in [4.78, 5) is 25.0. The number of hydrogen-bond acceptors (Lipinski definition) is 8. The highest BCUT2D eigenvalue weighted by Crippen LogP contribution is 2.31. The lowest BCUT2D eigenvalue weighted by Crippen LogP contribution is -2.33. The maximum absolute atomic E-state index is 12.6. The zero-order valence-corrected chi connectivity index (χ0v) is 21.8. The molecule has 194 valence electrons. The van der Waals surface area contributed by atoms with Gasteiger partial charge >= 0.3 is 5.97 Å². The summed E-state index contributed by atoms with van der Waals surface area (Å²) < 4.78 is 27.0. The number of carbonyl (C=O) groups excluding carboxylic acids is 2. The molecule has 0 aliphatic rings. The first-order chi connectivity index (χ1) is 17.7. The number of hydrogen-bond donors (Lipinski definition) is 1. The molecule has 3 aromatic rings. The molecule has 0 saturated heterocycles. The van der Waals surface area contributed by atoms with Gasteiger partial charge in [0.1, 0.15) is 5.75 Å². The topological polar surface area (TPSA) is 105 Å². The average Bonchev–Trinajstić information content (AvgIpc) is 2.90. The highest BCUT2D eigenvalue weighted by atomic mass is 35.5. The van der Waals surface area contributed by atoms with Gasteiger partial charge in [0.25, 0.3) is 5.91 Å². The van der Waals surface area contributed by atoms with Gasteiger partial charge in [0.2, 0.25) is 0 Å². The molecule has 0 bridgehead atoms. The fourth-order valence-corrected chi connectivity index (χ4v) is 3.45. The Kier molecular flexibility index (Phi) is 9.34. The first kappa shape index (κ1) is 27.3. The summed E-state index contributed by atoms with van der Waals surface area (Å²) >= 11 is 5.95. The second-order valence-corrected chi connectivity index (χ2v) is 8.21. The molecule has 0 fully saturated rings. The van der Waals surface area contributed by atoms with E-state index in [0.717, 1.165) is 5.56 Å². The molecule has 3 aromatic carbocycles. The number of aryl methyl sites for hydroxylation is 1. The van der Waals surface area contributed by atoms with Crippen molar-refractivity contribution in [3.05, 3.63) is 76.3 Å². The number of ether oxygens (including phenoxy) is 5. The lowest BCUT2D eigenvalue weighted by molar-refractivity contribution is -0.127. The van der Waals surface area contributed by atoms with Crippen molar-refractivity contribution in [1.29, 1.82) is 0 Å². The highest BCUT2D eigenvalue weighted by Gasteiger charge is 2.17. The monoisotopic (exact) mass is 526 g/mol. The SMILES string of the molecule is COc1ccc(C(=O)Oc2ccc(C=NNC(=O)C(C)Oc3ccc(Cl)cc3C)cc2OC)cc1OC. The maximum atomic E-state index is 12.6. The molecule has 1 unspecified atom stereocenters. The van der Waals surface area contributed by atoms with Crippen LogP contribution in [0, 0.1) is 6.92 Å². The van der Waals surface area contributed by atoms with Crippen LogP contribution in [-0.4, -0.2) is 45.5 Å². The quantitative estimate of drug-likeness (QED) is 0.175. The number of carbonyl (C=O) groups is 2. The molecule has 10 heteroatoms. The van der Waals surface area contributed by atoms with Crippen LogP contribution in [0.25, 0.3) is 0 Å². The summed E-state index contributed by atoms with van der Waals surface area (Å²) in [5.74, 6) is 0.937. The molecule has 0 spiro atoms. The number of rotatable bonds is 10. The van der Waals surface area contributed by atoms with E-state index in [0.29, 0.717) is 33.6 Å². The van der Waals surface area contributed by atoms with Gasteiger partial charge in [-0.05, 0) is 79.6 Å². The van der Waals surface area contributed by atoms with Gasteiger partial charge in [-0.1, -0.05) is 11.6 Å². The molecular weight excluding hydrogens is 500 g/mol. The van der Waals surface area contributed by atoms with Crippen LogP contribution in [0.2, 0.25) is 5.02 Å². The molecule has 3 rings (SSSR count). The van der Waals surface area contributed by atoms with Crippen molar-refractivity contribution in [1.82, 2.24) is 5.43 Å². The van der Waals surface area contributed by atoms with Gasteiger partial charge in [-0.3, -0.25) is 4.79 Å². The van der Waals surface area contributed by atoms with Crippen molar-refractivity contribution in [3.8, 4) is 28.7 Å². The van der Waals surface area contributed by atoms with Crippen LogP contribution in [-0.2, 0) is 4.79 Å². The zero-order chi connectivity index (χ0) is 26.9. The van der Waals surface area contributed by atoms with Crippen LogP contribution in [0.5, 0.6) is 28.7 Å². The minimum atomic E-state index is -0.787. The first-order valence-corrected chi connectivity index (χ1v) is 11.5. The summed E-state index contributed by atoms with van der Waals surface area (Å²) in [6.45, 7) is 3.45. The van der Waals surface area contributed by atoms with Gasteiger partial charge in [-0.2, -0.15) is 5.10 Å². The normalized spacial score (nSPS) is 11.5. The maximum Gasteiger partial charge on any atom is 0.343 e. The molecule has 9 nitrogen and oxygen atoms in total. The van der Waals surface area contributed by atoms with Gasteiger partial charge in [0, 0.05) is 5.02 Å². The standard InChI is InChI=1S/C27H27ClN2O7/c1-16-12-20(28)8-11-21(16)36-17(2)26(31)30-29-15-18-6-9-23(24(13-18)34-4)37-27(32)19-7-10-22(33-3)25(14-19)35-5/h6-15,17H,1-5H3,(H,30,31). The number of benzene rings is 3. The number of nitrogens with one attached hydrogen (secondary N) is 1. The third-order valence-electron chi connectivity index (χ3n) is 5.21. The van der Waals surface area contributed by atoms with Crippen molar-refractivity contribution in [2.24, 2.45) is 5.10 Å². The van der Waals surface area contributed by atoms with E-state index in [2.05, 4.69) is 10.5 Å². The number of amides is 1. The van der Waals surface area contributed by atoms with E-state index in [9.17, 15) is 9.59 Å². The van der Waals surface area contributed by atoms with E-state index in [4.69, 9.17) is 35.3 Å². The van der Waals surface area contributed by atoms with Crippen LogP contribution in [0.15, 0.2) is 59.7 Å². The average molecular weight is 527 g/mol. The molecule has 0 aromatic heterocycles. The van der Waals surface area contributed by atoms with E-state index >= 15 is 0 Å². The third kappa shape index (κ3) is 7.14. The van der Waals surface area contributed by atoms with Gasteiger partial charge in [0.05, 0.1) is 33.1 Å². The van der Waals surface area contributed by atoms with Crippen molar-refractivity contribution in [2.45, 2.75) is 20.0 Å². The first-order valence-electron chi connectivity index (χ1n) is 11.1. The Hall–Kier alpha value is -4.24. The Balaban J connectivity index is 1.63. The number of hydrazone groups is 1. The summed E-state index contributed by atoms with van der Waals surface area (Å²) in [6, 6.07) is 14.7. The van der Waals surface area contributed by atoms with Gasteiger partial charge in [0.15, 0.2) is 29.1 Å². The Morgan fingerprint density at radius 3 is 2.19 bits per heavy atom. The van der Waals surface area contributed by atoms with Crippen LogP contribution >= 0.6 is 11.6 Å². The summed E-state index contributed by atoms with van der Waals surface area (Å²) in [5, 5.41) is 4.56. The van der Waals surface area contributed by atoms with E-state index in [1.165, 1.54) is 33.6 Å². The van der Waals surface area contributed by atoms with Crippen LogP contribution in [0.3, 0.4) is 0 Å².